The number of rotatable bonds is 6. The zero-order valence-corrected chi connectivity index (χ0v) is 10.6. The normalized spacial score (nSPS) is 10.5. The zero-order chi connectivity index (χ0) is 12.7. The minimum absolute atomic E-state index is 0.0549. The number of nitrogens with one attached hydrogen (secondary N) is 1. The molecule has 0 aliphatic carbocycles. The van der Waals surface area contributed by atoms with Crippen LogP contribution in [0.25, 0.3) is 0 Å². The van der Waals surface area contributed by atoms with Crippen LogP contribution in [0.2, 0.25) is 0 Å². The molecule has 0 aliphatic rings. The number of anilines is 2. The Morgan fingerprint density at radius 1 is 1.35 bits per heavy atom. The van der Waals surface area contributed by atoms with Gasteiger partial charge in [0.15, 0.2) is 0 Å². The smallest absolute Gasteiger partial charge is 0.224 e. The fourth-order valence-corrected chi connectivity index (χ4v) is 1.46. The third-order valence-corrected chi connectivity index (χ3v) is 2.68. The van der Waals surface area contributed by atoms with E-state index in [9.17, 15) is 4.79 Å². The highest BCUT2D eigenvalue weighted by atomic mass is 16.1. The topological polar surface area (TPSA) is 58.4 Å². The Bertz CT molecular complexity index is 348. The predicted octanol–water partition coefficient (Wildman–Crippen LogP) is 1.94. The number of hydrogen-bond donors (Lipinski definition) is 2. The molecule has 0 aromatic heterocycles. The Hall–Kier alpha value is -1.55. The second kappa shape index (κ2) is 6.91. The first-order valence-electron chi connectivity index (χ1n) is 5.95. The van der Waals surface area contributed by atoms with Gasteiger partial charge in [-0.2, -0.15) is 0 Å². The predicted molar refractivity (Wildman–Crippen MR) is 71.9 cm³/mol. The van der Waals surface area contributed by atoms with E-state index in [0.29, 0.717) is 12.1 Å². The first-order valence-corrected chi connectivity index (χ1v) is 5.95. The third-order valence-electron chi connectivity index (χ3n) is 2.68. The van der Waals surface area contributed by atoms with Crippen LogP contribution in [0.3, 0.4) is 0 Å². The molecule has 4 nitrogen and oxygen atoms in total. The molecule has 0 saturated heterocycles. The molecule has 0 bridgehead atoms. The summed E-state index contributed by atoms with van der Waals surface area (Å²) in [5, 5.41) is 2.85. The monoisotopic (exact) mass is 235 g/mol. The van der Waals surface area contributed by atoms with Crippen molar-refractivity contribution >= 4 is 17.3 Å². The van der Waals surface area contributed by atoms with Crippen LogP contribution in [0.5, 0.6) is 0 Å². The molecule has 0 atom stereocenters. The molecule has 4 heteroatoms. The second-order valence-corrected chi connectivity index (χ2v) is 4.17. The van der Waals surface area contributed by atoms with Crippen LogP contribution in [0, 0.1) is 0 Å². The molecule has 1 rings (SSSR count). The Kier molecular flexibility index (Phi) is 5.49. The number of amides is 1. The molecule has 0 fully saturated rings. The Morgan fingerprint density at radius 3 is 2.59 bits per heavy atom. The molecule has 0 aliphatic heterocycles. The lowest BCUT2D eigenvalue weighted by molar-refractivity contribution is -0.116. The van der Waals surface area contributed by atoms with Gasteiger partial charge >= 0.3 is 0 Å². The van der Waals surface area contributed by atoms with Gasteiger partial charge < -0.3 is 16.0 Å². The van der Waals surface area contributed by atoms with E-state index >= 15 is 0 Å². The van der Waals surface area contributed by atoms with Crippen molar-refractivity contribution in [1.82, 2.24) is 4.90 Å². The number of carbonyl (C=O) groups is 1. The van der Waals surface area contributed by atoms with Gasteiger partial charge in [0.1, 0.15) is 0 Å². The van der Waals surface area contributed by atoms with Crippen molar-refractivity contribution in [2.24, 2.45) is 0 Å². The summed E-state index contributed by atoms with van der Waals surface area (Å²) in [6.45, 7) is 4.07. The maximum absolute atomic E-state index is 11.6. The quantitative estimate of drug-likeness (QED) is 0.741. The number of nitrogen functional groups attached to an aromatic ring is 1. The summed E-state index contributed by atoms with van der Waals surface area (Å²) in [4.78, 5) is 13.8. The molecule has 0 unspecified atom stereocenters. The highest BCUT2D eigenvalue weighted by Crippen LogP contribution is 2.10. The summed E-state index contributed by atoms with van der Waals surface area (Å²) in [7, 11) is 2.05. The molecule has 1 aromatic carbocycles. The van der Waals surface area contributed by atoms with Gasteiger partial charge in [0, 0.05) is 17.8 Å². The van der Waals surface area contributed by atoms with Gasteiger partial charge in [-0.25, -0.2) is 0 Å². The van der Waals surface area contributed by atoms with E-state index in [-0.39, 0.29) is 5.91 Å². The van der Waals surface area contributed by atoms with Crippen molar-refractivity contribution in [3.63, 3.8) is 0 Å². The van der Waals surface area contributed by atoms with Crippen molar-refractivity contribution in [3.05, 3.63) is 24.3 Å². The van der Waals surface area contributed by atoms with E-state index in [1.54, 1.807) is 12.1 Å². The Morgan fingerprint density at radius 2 is 2.00 bits per heavy atom. The third kappa shape index (κ3) is 5.36. The van der Waals surface area contributed by atoms with Crippen LogP contribution in [0.15, 0.2) is 24.3 Å². The minimum Gasteiger partial charge on any atom is -0.399 e. The lowest BCUT2D eigenvalue weighted by Crippen LogP contribution is -2.20. The lowest BCUT2D eigenvalue weighted by Gasteiger charge is -2.13. The average Bonchev–Trinajstić information content (AvgIpc) is 2.32. The van der Waals surface area contributed by atoms with Crippen molar-refractivity contribution in [2.75, 3.05) is 31.2 Å². The van der Waals surface area contributed by atoms with E-state index in [1.807, 2.05) is 12.1 Å². The van der Waals surface area contributed by atoms with Crippen LogP contribution in [-0.4, -0.2) is 30.9 Å². The van der Waals surface area contributed by atoms with Crippen LogP contribution >= 0.6 is 0 Å². The number of nitrogens with two attached hydrogens (primary N) is 1. The number of hydrogen-bond acceptors (Lipinski definition) is 3. The first kappa shape index (κ1) is 13.5. The molecular formula is C13H21N3O. The fourth-order valence-electron chi connectivity index (χ4n) is 1.46. The van der Waals surface area contributed by atoms with Gasteiger partial charge in [0.25, 0.3) is 0 Å². The van der Waals surface area contributed by atoms with Gasteiger partial charge in [-0.1, -0.05) is 6.92 Å². The van der Waals surface area contributed by atoms with Gasteiger partial charge in [-0.15, -0.1) is 0 Å². The van der Waals surface area contributed by atoms with Crippen molar-refractivity contribution in [3.8, 4) is 0 Å². The van der Waals surface area contributed by atoms with Gasteiger partial charge in [0.05, 0.1) is 0 Å². The molecule has 1 aromatic rings. The largest absolute Gasteiger partial charge is 0.399 e. The van der Waals surface area contributed by atoms with Crippen LogP contribution < -0.4 is 11.1 Å². The summed E-state index contributed by atoms with van der Waals surface area (Å²) in [5.74, 6) is 0.0549. The van der Waals surface area contributed by atoms with E-state index in [0.717, 1.165) is 25.2 Å². The summed E-state index contributed by atoms with van der Waals surface area (Å²) in [6.07, 6.45) is 1.43. The molecule has 0 radical (unpaired) electrons. The van der Waals surface area contributed by atoms with Crippen LogP contribution in [0.1, 0.15) is 19.8 Å². The maximum Gasteiger partial charge on any atom is 0.224 e. The van der Waals surface area contributed by atoms with Gasteiger partial charge in [-0.3, -0.25) is 4.79 Å². The average molecular weight is 235 g/mol. The van der Waals surface area contributed by atoms with Crippen LogP contribution in [0.4, 0.5) is 11.4 Å². The highest BCUT2D eigenvalue weighted by molar-refractivity contribution is 5.90. The lowest BCUT2D eigenvalue weighted by atomic mass is 10.2. The van der Waals surface area contributed by atoms with Crippen molar-refractivity contribution in [2.45, 2.75) is 19.8 Å². The SMILES string of the molecule is CCN(C)CCCC(=O)Nc1ccc(N)cc1. The summed E-state index contributed by atoms with van der Waals surface area (Å²) >= 11 is 0. The number of nitrogens with zero attached hydrogens (tertiary/aromatic N) is 1. The van der Waals surface area contributed by atoms with E-state index in [2.05, 4.69) is 24.2 Å². The molecule has 1 amide bonds. The number of carbonyl (C=O) groups excluding carboxylic acids is 1. The zero-order valence-electron chi connectivity index (χ0n) is 10.6. The molecular weight excluding hydrogens is 214 g/mol. The molecule has 17 heavy (non-hydrogen) atoms. The molecule has 0 saturated carbocycles. The maximum atomic E-state index is 11.6. The van der Waals surface area contributed by atoms with Crippen molar-refractivity contribution in [1.29, 1.82) is 0 Å². The summed E-state index contributed by atoms with van der Waals surface area (Å²) < 4.78 is 0. The van der Waals surface area contributed by atoms with Gasteiger partial charge in [-0.05, 0) is 50.8 Å². The second-order valence-electron chi connectivity index (χ2n) is 4.17. The van der Waals surface area contributed by atoms with Gasteiger partial charge in [0.2, 0.25) is 5.91 Å². The van der Waals surface area contributed by atoms with Crippen molar-refractivity contribution < 1.29 is 4.79 Å². The molecule has 94 valence electrons. The number of benzene rings is 1. The summed E-state index contributed by atoms with van der Waals surface area (Å²) in [6, 6.07) is 7.18. The molecule has 0 spiro atoms. The standard InChI is InChI=1S/C13H21N3O/c1-3-16(2)10-4-5-13(17)15-12-8-6-11(14)7-9-12/h6-9H,3-5,10,14H2,1-2H3,(H,15,17). The van der Waals surface area contributed by atoms with Crippen LogP contribution in [-0.2, 0) is 4.79 Å². The Labute approximate surface area is 103 Å². The van der Waals surface area contributed by atoms with E-state index in [1.165, 1.54) is 0 Å². The summed E-state index contributed by atoms with van der Waals surface area (Å²) in [5.41, 5.74) is 7.07. The van der Waals surface area contributed by atoms with E-state index in [4.69, 9.17) is 5.73 Å². The highest BCUT2D eigenvalue weighted by Gasteiger charge is 2.03. The minimum atomic E-state index is 0.0549. The Balaban J connectivity index is 2.27. The molecule has 0 heterocycles. The first-order chi connectivity index (χ1) is 8.11. The molecule has 3 N–H and O–H groups in total. The fraction of sp³-hybridized carbons (Fsp3) is 0.462. The van der Waals surface area contributed by atoms with E-state index < -0.39 is 0 Å².